The van der Waals surface area contributed by atoms with Gasteiger partial charge in [-0.3, -0.25) is 4.79 Å². The Hall–Kier alpha value is -3.24. The van der Waals surface area contributed by atoms with E-state index in [9.17, 15) is 4.79 Å². The minimum Gasteiger partial charge on any atom is -0.489 e. The summed E-state index contributed by atoms with van der Waals surface area (Å²) in [4.78, 5) is 12.7. The Kier molecular flexibility index (Phi) is 5.54. The number of hydrogen-bond acceptors (Lipinski definition) is 4. The Morgan fingerprint density at radius 3 is 2.48 bits per heavy atom. The van der Waals surface area contributed by atoms with Crippen molar-refractivity contribution in [2.75, 3.05) is 0 Å². The topological polar surface area (TPSA) is 48.7 Å². The molecule has 0 saturated carbocycles. The van der Waals surface area contributed by atoms with Crippen LogP contribution in [0.2, 0.25) is 5.02 Å². The van der Waals surface area contributed by atoms with Crippen LogP contribution in [-0.2, 0) is 13.0 Å². The summed E-state index contributed by atoms with van der Waals surface area (Å²) in [5.41, 5.74) is 2.37. The highest BCUT2D eigenvalue weighted by molar-refractivity contribution is 6.30. The molecular formula is C24H19ClO4. The van der Waals surface area contributed by atoms with Gasteiger partial charge < -0.3 is 13.9 Å². The molecule has 4 aromatic rings. The van der Waals surface area contributed by atoms with Gasteiger partial charge in [0.25, 0.3) is 0 Å². The summed E-state index contributed by atoms with van der Waals surface area (Å²) >= 11 is 5.99. The summed E-state index contributed by atoms with van der Waals surface area (Å²) in [6.07, 6.45) is 2.28. The third-order valence-corrected chi connectivity index (χ3v) is 4.80. The molecule has 0 spiro atoms. The van der Waals surface area contributed by atoms with Gasteiger partial charge in [0.2, 0.25) is 11.2 Å². The van der Waals surface area contributed by atoms with Crippen LogP contribution < -0.4 is 14.9 Å². The highest BCUT2D eigenvalue weighted by Gasteiger charge is 2.10. The van der Waals surface area contributed by atoms with E-state index in [4.69, 9.17) is 25.5 Å². The van der Waals surface area contributed by atoms with E-state index in [2.05, 4.69) is 6.92 Å². The molecule has 0 atom stereocenters. The number of rotatable bonds is 6. The monoisotopic (exact) mass is 406 g/mol. The van der Waals surface area contributed by atoms with Crippen LogP contribution in [0.5, 0.6) is 17.2 Å². The number of hydrogen-bond donors (Lipinski definition) is 0. The van der Waals surface area contributed by atoms with Gasteiger partial charge in [-0.15, -0.1) is 0 Å². The van der Waals surface area contributed by atoms with Gasteiger partial charge in [0.15, 0.2) is 0 Å². The van der Waals surface area contributed by atoms with Gasteiger partial charge in [-0.1, -0.05) is 42.8 Å². The van der Waals surface area contributed by atoms with Gasteiger partial charge in [0, 0.05) is 11.1 Å². The first-order valence-corrected chi connectivity index (χ1v) is 9.70. The Bertz CT molecular complexity index is 1200. The Morgan fingerprint density at radius 2 is 1.72 bits per heavy atom. The zero-order valence-corrected chi connectivity index (χ0v) is 16.6. The Morgan fingerprint density at radius 1 is 0.931 bits per heavy atom. The highest BCUT2D eigenvalue weighted by Crippen LogP contribution is 2.25. The molecule has 1 aromatic heterocycles. The van der Waals surface area contributed by atoms with E-state index in [1.165, 1.54) is 11.8 Å². The second-order valence-electron chi connectivity index (χ2n) is 6.61. The average molecular weight is 407 g/mol. The van der Waals surface area contributed by atoms with E-state index < -0.39 is 0 Å². The lowest BCUT2D eigenvalue weighted by molar-refractivity contribution is 0.306. The molecule has 3 aromatic carbocycles. The van der Waals surface area contributed by atoms with Gasteiger partial charge in [-0.25, -0.2) is 0 Å². The molecule has 0 N–H and O–H groups in total. The van der Waals surface area contributed by atoms with Crippen LogP contribution in [-0.4, -0.2) is 0 Å². The van der Waals surface area contributed by atoms with Crippen molar-refractivity contribution in [3.63, 3.8) is 0 Å². The molecule has 0 amide bonds. The van der Waals surface area contributed by atoms with Crippen LogP contribution >= 0.6 is 11.6 Å². The summed E-state index contributed by atoms with van der Waals surface area (Å²) in [6, 6.07) is 20.2. The first kappa shape index (κ1) is 19.1. The number of fused-ring (bicyclic) bond motifs is 1. The molecule has 1 heterocycles. The molecule has 0 unspecified atom stereocenters. The van der Waals surface area contributed by atoms with Gasteiger partial charge >= 0.3 is 0 Å². The second kappa shape index (κ2) is 8.41. The first-order chi connectivity index (χ1) is 14.1. The van der Waals surface area contributed by atoms with Crippen LogP contribution in [0.15, 0.2) is 82.2 Å². The van der Waals surface area contributed by atoms with Crippen molar-refractivity contribution in [1.29, 1.82) is 0 Å². The summed E-state index contributed by atoms with van der Waals surface area (Å²) in [7, 11) is 0. The molecule has 29 heavy (non-hydrogen) atoms. The maximum atomic E-state index is 12.7. The van der Waals surface area contributed by atoms with Crippen LogP contribution in [0.25, 0.3) is 11.0 Å². The first-order valence-electron chi connectivity index (χ1n) is 9.32. The number of halogens is 1. The van der Waals surface area contributed by atoms with Crippen molar-refractivity contribution in [3.05, 3.63) is 99.4 Å². The van der Waals surface area contributed by atoms with Gasteiger partial charge in [0.05, 0.1) is 5.39 Å². The van der Waals surface area contributed by atoms with Crippen molar-refractivity contribution in [3.8, 4) is 17.2 Å². The molecule has 0 aliphatic rings. The van der Waals surface area contributed by atoms with Crippen molar-refractivity contribution in [2.45, 2.75) is 20.0 Å². The minimum atomic E-state index is -0.229. The van der Waals surface area contributed by atoms with E-state index in [-0.39, 0.29) is 11.2 Å². The molecule has 5 heteroatoms. The molecule has 0 aliphatic heterocycles. The van der Waals surface area contributed by atoms with E-state index in [0.717, 1.165) is 12.0 Å². The molecule has 0 aliphatic carbocycles. The number of ether oxygens (including phenoxy) is 2. The maximum absolute atomic E-state index is 12.7. The lowest BCUT2D eigenvalue weighted by Crippen LogP contribution is -2.05. The van der Waals surface area contributed by atoms with Crippen LogP contribution in [0.1, 0.15) is 18.1 Å². The van der Waals surface area contributed by atoms with Crippen molar-refractivity contribution in [1.82, 2.24) is 0 Å². The number of benzene rings is 3. The van der Waals surface area contributed by atoms with Crippen LogP contribution in [0, 0.1) is 0 Å². The molecule has 4 rings (SSSR count). The van der Waals surface area contributed by atoms with Gasteiger partial charge in [-0.2, -0.15) is 0 Å². The maximum Gasteiger partial charge on any atom is 0.235 e. The van der Waals surface area contributed by atoms with Gasteiger partial charge in [-0.05, 0) is 53.9 Å². The SMILES string of the molecule is CCc1ccc(Oc2coc3cc(OCc4cccc(Cl)c4)ccc3c2=O)cc1. The van der Waals surface area contributed by atoms with Crippen molar-refractivity contribution in [2.24, 2.45) is 0 Å². The molecular weight excluding hydrogens is 388 g/mol. The molecule has 0 fully saturated rings. The molecule has 0 bridgehead atoms. The fraction of sp³-hybridized carbons (Fsp3) is 0.125. The predicted molar refractivity (Wildman–Crippen MR) is 114 cm³/mol. The summed E-state index contributed by atoms with van der Waals surface area (Å²) in [5, 5.41) is 1.09. The van der Waals surface area contributed by atoms with E-state index in [1.54, 1.807) is 18.2 Å². The zero-order chi connectivity index (χ0) is 20.2. The largest absolute Gasteiger partial charge is 0.489 e. The highest BCUT2D eigenvalue weighted by atomic mass is 35.5. The average Bonchev–Trinajstić information content (AvgIpc) is 2.75. The minimum absolute atomic E-state index is 0.148. The van der Waals surface area contributed by atoms with Crippen LogP contribution in [0.4, 0.5) is 0 Å². The zero-order valence-electron chi connectivity index (χ0n) is 15.9. The number of aryl methyl sites for hydroxylation is 1. The molecule has 0 saturated heterocycles. The molecule has 146 valence electrons. The Balaban J connectivity index is 1.53. The summed E-state index contributed by atoms with van der Waals surface area (Å²) < 4.78 is 17.1. The standard InChI is InChI=1S/C24H19ClO4/c1-2-16-6-8-19(9-7-16)29-23-15-28-22-13-20(10-11-21(22)24(23)26)27-14-17-4-3-5-18(25)12-17/h3-13,15H,2,14H2,1H3. The third kappa shape index (κ3) is 4.44. The van der Waals surface area contributed by atoms with Crippen LogP contribution in [0.3, 0.4) is 0 Å². The fourth-order valence-electron chi connectivity index (χ4n) is 2.96. The summed E-state index contributed by atoms with van der Waals surface area (Å²) in [6.45, 7) is 2.45. The van der Waals surface area contributed by atoms with Gasteiger partial charge in [0.1, 0.15) is 30.0 Å². The Labute approximate surface area is 173 Å². The lowest BCUT2D eigenvalue weighted by atomic mass is 10.2. The third-order valence-electron chi connectivity index (χ3n) is 4.57. The second-order valence-corrected chi connectivity index (χ2v) is 7.04. The normalized spacial score (nSPS) is 10.8. The van der Waals surface area contributed by atoms with Crippen molar-refractivity contribution < 1.29 is 13.9 Å². The lowest BCUT2D eigenvalue weighted by Gasteiger charge is -2.09. The predicted octanol–water partition coefficient (Wildman–Crippen LogP) is 6.38. The van der Waals surface area contributed by atoms with Crippen molar-refractivity contribution >= 4 is 22.6 Å². The van der Waals surface area contributed by atoms with E-state index in [1.807, 2.05) is 48.5 Å². The quantitative estimate of drug-likeness (QED) is 0.372. The molecule has 0 radical (unpaired) electrons. The van der Waals surface area contributed by atoms with E-state index in [0.29, 0.717) is 34.1 Å². The fourth-order valence-corrected chi connectivity index (χ4v) is 3.18. The molecule has 4 nitrogen and oxygen atoms in total. The smallest absolute Gasteiger partial charge is 0.235 e. The van der Waals surface area contributed by atoms with E-state index >= 15 is 0 Å². The summed E-state index contributed by atoms with van der Waals surface area (Å²) in [5.74, 6) is 1.34.